The first kappa shape index (κ1) is 15.0. The summed E-state index contributed by atoms with van der Waals surface area (Å²) in [4.78, 5) is 0. The lowest BCUT2D eigenvalue weighted by molar-refractivity contribution is 0.356. The Morgan fingerprint density at radius 2 is 1.89 bits per heavy atom. The van der Waals surface area contributed by atoms with Gasteiger partial charge in [-0.25, -0.2) is 0 Å². The molecule has 104 valence electrons. The molecular weight excluding hydrogens is 305 g/mol. The number of hydrogen-bond donors (Lipinski definition) is 1. The number of fused-ring (bicyclic) bond motifs is 1. The Labute approximate surface area is 128 Å². The molecule has 0 aliphatic carbocycles. The van der Waals surface area contributed by atoms with Crippen molar-refractivity contribution in [2.75, 3.05) is 7.05 Å². The monoisotopic (exact) mass is 319 g/mol. The van der Waals surface area contributed by atoms with Crippen LogP contribution in [0.15, 0.2) is 34.9 Å². The fourth-order valence-electron chi connectivity index (χ4n) is 2.24. The van der Waals surface area contributed by atoms with Crippen molar-refractivity contribution in [3.05, 3.63) is 36.1 Å². The zero-order valence-corrected chi connectivity index (χ0v) is 13.3. The van der Waals surface area contributed by atoms with E-state index in [0.29, 0.717) is 0 Å². The summed E-state index contributed by atoms with van der Waals surface area (Å²) in [7, 11) is 1.86. The van der Waals surface area contributed by atoms with Crippen LogP contribution >= 0.6 is 34.8 Å². The van der Waals surface area contributed by atoms with Gasteiger partial charge < -0.3 is 9.73 Å². The second-order valence-electron chi connectivity index (χ2n) is 4.88. The summed E-state index contributed by atoms with van der Waals surface area (Å²) in [6.07, 6.45) is 1.66. The number of likely N-dealkylation sites (N-methyl/N-ethyl adjacent to an activating group) is 1. The summed E-state index contributed by atoms with van der Waals surface area (Å²) in [6, 6.07) is 7.75. The van der Waals surface area contributed by atoms with E-state index < -0.39 is 9.21 Å². The Morgan fingerprint density at radius 1 is 1.21 bits per heavy atom. The third-order valence-electron chi connectivity index (χ3n) is 3.94. The summed E-state index contributed by atoms with van der Waals surface area (Å²) < 4.78 is 3.92. The highest BCUT2D eigenvalue weighted by Crippen LogP contribution is 2.49. The number of alkyl halides is 3. The van der Waals surface area contributed by atoms with E-state index in [1.54, 1.807) is 6.26 Å². The Bertz CT molecular complexity index is 575. The molecule has 1 heterocycles. The number of rotatable bonds is 3. The van der Waals surface area contributed by atoms with Crippen molar-refractivity contribution in [1.82, 2.24) is 5.32 Å². The van der Waals surface area contributed by atoms with Crippen LogP contribution in [-0.2, 0) is 5.41 Å². The Balaban J connectivity index is 2.60. The fraction of sp³-hybridized carbons (Fsp3) is 0.429. The minimum atomic E-state index is -1.42. The standard InChI is InChI=1S/C14H16Cl3NO/c1-9(18-3)13(2,14(15,16)17)11-4-5-12-10(8-11)6-7-19-12/h4-9,18H,1-3H3. The predicted molar refractivity (Wildman–Crippen MR) is 82.4 cm³/mol. The lowest BCUT2D eigenvalue weighted by Gasteiger charge is -2.41. The predicted octanol–water partition coefficient (Wildman–Crippen LogP) is 4.67. The largest absolute Gasteiger partial charge is 0.464 e. The number of nitrogens with one attached hydrogen (secondary N) is 1. The zero-order chi connectivity index (χ0) is 14.3. The highest BCUT2D eigenvalue weighted by atomic mass is 35.6. The molecule has 0 bridgehead atoms. The minimum absolute atomic E-state index is 0.00986. The molecule has 2 atom stereocenters. The van der Waals surface area contributed by atoms with E-state index in [1.165, 1.54) is 0 Å². The van der Waals surface area contributed by atoms with E-state index >= 15 is 0 Å². The summed E-state index contributed by atoms with van der Waals surface area (Å²) in [6.45, 7) is 3.95. The van der Waals surface area contributed by atoms with E-state index in [9.17, 15) is 0 Å². The van der Waals surface area contributed by atoms with E-state index in [1.807, 2.05) is 45.2 Å². The molecule has 0 amide bonds. The fourth-order valence-corrected chi connectivity index (χ4v) is 3.06. The smallest absolute Gasteiger partial charge is 0.201 e. The van der Waals surface area contributed by atoms with Crippen LogP contribution in [-0.4, -0.2) is 16.9 Å². The van der Waals surface area contributed by atoms with Crippen LogP contribution in [0.4, 0.5) is 0 Å². The van der Waals surface area contributed by atoms with Crippen molar-refractivity contribution in [3.8, 4) is 0 Å². The Morgan fingerprint density at radius 3 is 2.47 bits per heavy atom. The molecule has 1 aromatic carbocycles. The number of benzene rings is 1. The van der Waals surface area contributed by atoms with Gasteiger partial charge in [-0.05, 0) is 44.7 Å². The van der Waals surface area contributed by atoms with Crippen LogP contribution in [0.25, 0.3) is 11.0 Å². The molecule has 19 heavy (non-hydrogen) atoms. The number of halogens is 3. The Kier molecular flexibility index (Phi) is 4.08. The average Bonchev–Trinajstić information content (AvgIpc) is 2.82. The van der Waals surface area contributed by atoms with Crippen molar-refractivity contribution in [1.29, 1.82) is 0 Å². The average molecular weight is 321 g/mol. The molecule has 0 fully saturated rings. The summed E-state index contributed by atoms with van der Waals surface area (Å²) in [5.41, 5.74) is 1.13. The van der Waals surface area contributed by atoms with Gasteiger partial charge in [0.1, 0.15) is 5.58 Å². The summed E-state index contributed by atoms with van der Waals surface area (Å²) in [5.74, 6) is 0. The lowest BCUT2D eigenvalue weighted by atomic mass is 9.77. The van der Waals surface area contributed by atoms with E-state index in [4.69, 9.17) is 39.2 Å². The van der Waals surface area contributed by atoms with Crippen molar-refractivity contribution in [2.45, 2.75) is 29.1 Å². The molecule has 0 spiro atoms. The molecule has 2 rings (SSSR count). The van der Waals surface area contributed by atoms with Crippen LogP contribution in [0, 0.1) is 0 Å². The third-order valence-corrected chi connectivity index (χ3v) is 5.12. The topological polar surface area (TPSA) is 25.2 Å². The van der Waals surface area contributed by atoms with Gasteiger partial charge in [-0.3, -0.25) is 0 Å². The van der Waals surface area contributed by atoms with Crippen molar-refractivity contribution in [3.63, 3.8) is 0 Å². The summed E-state index contributed by atoms with van der Waals surface area (Å²) in [5, 5.41) is 4.18. The van der Waals surface area contributed by atoms with Crippen LogP contribution in [0.2, 0.25) is 0 Å². The van der Waals surface area contributed by atoms with Crippen LogP contribution in [0.1, 0.15) is 19.4 Å². The highest BCUT2D eigenvalue weighted by Gasteiger charge is 2.49. The van der Waals surface area contributed by atoms with E-state index in [-0.39, 0.29) is 6.04 Å². The minimum Gasteiger partial charge on any atom is -0.464 e. The normalized spacial score (nSPS) is 17.4. The van der Waals surface area contributed by atoms with Crippen LogP contribution in [0.3, 0.4) is 0 Å². The number of hydrogen-bond acceptors (Lipinski definition) is 2. The molecule has 0 saturated heterocycles. The molecule has 0 aliphatic heterocycles. The molecule has 2 nitrogen and oxygen atoms in total. The van der Waals surface area contributed by atoms with Crippen molar-refractivity contribution >= 4 is 45.8 Å². The van der Waals surface area contributed by atoms with Crippen LogP contribution in [0.5, 0.6) is 0 Å². The molecule has 1 aromatic heterocycles. The van der Waals surface area contributed by atoms with Crippen molar-refractivity contribution in [2.24, 2.45) is 0 Å². The van der Waals surface area contributed by atoms with Gasteiger partial charge in [0, 0.05) is 11.4 Å². The van der Waals surface area contributed by atoms with Gasteiger partial charge in [-0.1, -0.05) is 40.9 Å². The lowest BCUT2D eigenvalue weighted by Crippen LogP contribution is -2.51. The van der Waals surface area contributed by atoms with E-state index in [0.717, 1.165) is 16.5 Å². The van der Waals surface area contributed by atoms with Gasteiger partial charge in [0.2, 0.25) is 3.79 Å². The van der Waals surface area contributed by atoms with Gasteiger partial charge in [-0.15, -0.1) is 0 Å². The van der Waals surface area contributed by atoms with Gasteiger partial charge in [0.15, 0.2) is 0 Å². The highest BCUT2D eigenvalue weighted by molar-refractivity contribution is 6.68. The maximum Gasteiger partial charge on any atom is 0.201 e. The maximum absolute atomic E-state index is 6.24. The molecular formula is C14H16Cl3NO. The SMILES string of the molecule is CNC(C)C(C)(c1ccc2occc2c1)C(Cl)(Cl)Cl. The second-order valence-corrected chi connectivity index (χ2v) is 7.16. The molecule has 2 unspecified atom stereocenters. The first-order valence-electron chi connectivity index (χ1n) is 6.02. The quantitative estimate of drug-likeness (QED) is 0.831. The van der Waals surface area contributed by atoms with Gasteiger partial charge >= 0.3 is 0 Å². The van der Waals surface area contributed by atoms with Gasteiger partial charge in [0.05, 0.1) is 11.7 Å². The molecule has 0 radical (unpaired) electrons. The third kappa shape index (κ3) is 2.47. The second kappa shape index (κ2) is 5.17. The first-order valence-corrected chi connectivity index (χ1v) is 7.16. The Hall–Kier alpha value is -0.410. The van der Waals surface area contributed by atoms with Gasteiger partial charge in [0.25, 0.3) is 0 Å². The molecule has 0 aliphatic rings. The zero-order valence-electron chi connectivity index (χ0n) is 11.0. The van der Waals surface area contributed by atoms with Gasteiger partial charge in [-0.2, -0.15) is 0 Å². The number of furan rings is 1. The first-order chi connectivity index (χ1) is 8.80. The molecule has 5 heteroatoms. The molecule has 2 aromatic rings. The molecule has 1 N–H and O–H groups in total. The summed E-state index contributed by atoms with van der Waals surface area (Å²) >= 11 is 18.7. The van der Waals surface area contributed by atoms with Crippen LogP contribution < -0.4 is 5.32 Å². The van der Waals surface area contributed by atoms with Crippen molar-refractivity contribution < 1.29 is 4.42 Å². The molecule has 0 saturated carbocycles. The maximum atomic E-state index is 6.24. The van der Waals surface area contributed by atoms with E-state index in [2.05, 4.69) is 5.32 Å².